The molecule has 2 N–H and O–H groups in total. The van der Waals surface area contributed by atoms with E-state index >= 15 is 0 Å². The SMILES string of the molecule is CCOC(=O)CSc1nnc(NC(=O)C2CSCN2)s1.Cl. The quantitative estimate of drug-likeness (QED) is 0.438. The van der Waals surface area contributed by atoms with Crippen LogP contribution >= 0.6 is 47.3 Å². The maximum Gasteiger partial charge on any atom is 0.316 e. The Morgan fingerprint density at radius 1 is 1.52 bits per heavy atom. The Bertz CT molecular complexity index is 482. The van der Waals surface area contributed by atoms with Crippen LogP contribution in [0.4, 0.5) is 5.13 Å². The van der Waals surface area contributed by atoms with E-state index in [-0.39, 0.29) is 36.1 Å². The summed E-state index contributed by atoms with van der Waals surface area (Å²) in [7, 11) is 0. The number of thioether (sulfide) groups is 2. The molecule has 0 aliphatic carbocycles. The number of nitrogens with one attached hydrogen (secondary N) is 2. The highest BCUT2D eigenvalue weighted by Gasteiger charge is 2.23. The summed E-state index contributed by atoms with van der Waals surface area (Å²) in [4.78, 5) is 23.1. The van der Waals surface area contributed by atoms with Crippen molar-refractivity contribution in [2.45, 2.75) is 17.3 Å². The fourth-order valence-electron chi connectivity index (χ4n) is 1.40. The molecule has 1 atom stereocenters. The average Bonchev–Trinajstić information content (AvgIpc) is 3.08. The van der Waals surface area contributed by atoms with E-state index in [0.717, 1.165) is 11.6 Å². The van der Waals surface area contributed by atoms with Gasteiger partial charge in [0.05, 0.1) is 18.4 Å². The summed E-state index contributed by atoms with van der Waals surface area (Å²) in [5, 5.41) is 14.0. The average molecular weight is 371 g/mol. The molecular formula is C10H15ClN4O3S3. The lowest BCUT2D eigenvalue weighted by atomic mass is 10.3. The number of aromatic nitrogens is 2. The summed E-state index contributed by atoms with van der Waals surface area (Å²) in [6, 6.07) is -0.181. The number of amides is 1. The molecular weight excluding hydrogens is 356 g/mol. The Labute approximate surface area is 140 Å². The lowest BCUT2D eigenvalue weighted by molar-refractivity contribution is -0.139. The zero-order valence-electron chi connectivity index (χ0n) is 11.2. The van der Waals surface area contributed by atoms with Gasteiger partial charge in [0.2, 0.25) is 11.0 Å². The third kappa shape index (κ3) is 5.99. The monoisotopic (exact) mass is 370 g/mol. The van der Waals surface area contributed by atoms with Crippen LogP contribution in [0.2, 0.25) is 0 Å². The van der Waals surface area contributed by atoms with E-state index in [2.05, 4.69) is 20.8 Å². The molecule has 118 valence electrons. The van der Waals surface area contributed by atoms with E-state index in [1.807, 2.05) is 0 Å². The molecule has 11 heteroatoms. The van der Waals surface area contributed by atoms with Crippen LogP contribution in [0.1, 0.15) is 6.92 Å². The Morgan fingerprint density at radius 3 is 3.00 bits per heavy atom. The van der Waals surface area contributed by atoms with Crippen molar-refractivity contribution in [2.24, 2.45) is 0 Å². The molecule has 1 aromatic rings. The van der Waals surface area contributed by atoms with Crippen molar-refractivity contribution in [1.82, 2.24) is 15.5 Å². The molecule has 1 saturated heterocycles. The van der Waals surface area contributed by atoms with Gasteiger partial charge in [-0.3, -0.25) is 20.2 Å². The number of hydrogen-bond acceptors (Lipinski definition) is 9. The summed E-state index contributed by atoms with van der Waals surface area (Å²) in [5.41, 5.74) is 0. The van der Waals surface area contributed by atoms with Crippen LogP contribution in [-0.4, -0.2) is 52.1 Å². The molecule has 0 spiro atoms. The highest BCUT2D eigenvalue weighted by atomic mass is 35.5. The van der Waals surface area contributed by atoms with E-state index in [4.69, 9.17) is 4.74 Å². The van der Waals surface area contributed by atoms with E-state index < -0.39 is 0 Å². The van der Waals surface area contributed by atoms with E-state index in [0.29, 0.717) is 16.1 Å². The third-order valence-corrected chi connectivity index (χ3v) is 5.17. The summed E-state index contributed by atoms with van der Waals surface area (Å²) in [6.45, 7) is 2.12. The van der Waals surface area contributed by atoms with Crippen LogP contribution in [-0.2, 0) is 14.3 Å². The van der Waals surface area contributed by atoms with Gasteiger partial charge in [-0.2, -0.15) is 0 Å². The molecule has 1 aliphatic rings. The lowest BCUT2D eigenvalue weighted by Gasteiger charge is -2.06. The minimum Gasteiger partial charge on any atom is -0.465 e. The summed E-state index contributed by atoms with van der Waals surface area (Å²) in [5.74, 6) is 1.35. The normalized spacial score (nSPS) is 17.1. The van der Waals surface area contributed by atoms with Gasteiger partial charge in [0.1, 0.15) is 0 Å². The number of anilines is 1. The summed E-state index contributed by atoms with van der Waals surface area (Å²) < 4.78 is 5.45. The van der Waals surface area contributed by atoms with Crippen LogP contribution in [0.15, 0.2) is 4.34 Å². The Balaban J connectivity index is 0.00000220. The van der Waals surface area contributed by atoms with Gasteiger partial charge < -0.3 is 4.74 Å². The van der Waals surface area contributed by atoms with Crippen molar-refractivity contribution in [2.75, 3.05) is 29.3 Å². The topological polar surface area (TPSA) is 93.2 Å². The standard InChI is InChI=1S/C10H14N4O3S3.ClH/c1-2-17-7(15)4-19-10-14-13-9(20-10)12-8(16)6-3-18-5-11-6;/h6,11H,2-5H2,1H3,(H,12,13,16);1H. The van der Waals surface area contributed by atoms with E-state index in [1.54, 1.807) is 18.7 Å². The Hall–Kier alpha value is -0.550. The molecule has 1 aromatic heterocycles. The van der Waals surface area contributed by atoms with Crippen molar-refractivity contribution in [3.8, 4) is 0 Å². The summed E-state index contributed by atoms with van der Waals surface area (Å²) in [6.07, 6.45) is 0. The predicted octanol–water partition coefficient (Wildman–Crippen LogP) is 1.22. The van der Waals surface area contributed by atoms with Crippen molar-refractivity contribution in [1.29, 1.82) is 0 Å². The molecule has 1 unspecified atom stereocenters. The summed E-state index contributed by atoms with van der Waals surface area (Å²) >= 11 is 4.18. The van der Waals surface area contributed by atoms with Gasteiger partial charge >= 0.3 is 5.97 Å². The minimum atomic E-state index is -0.287. The van der Waals surface area contributed by atoms with Gasteiger partial charge in [0.25, 0.3) is 0 Å². The van der Waals surface area contributed by atoms with E-state index in [9.17, 15) is 9.59 Å². The second-order valence-corrected chi connectivity index (χ2v) is 6.96. The van der Waals surface area contributed by atoms with Crippen LogP contribution < -0.4 is 10.6 Å². The third-order valence-electron chi connectivity index (χ3n) is 2.29. The molecule has 0 aromatic carbocycles. The van der Waals surface area contributed by atoms with Crippen molar-refractivity contribution in [3.05, 3.63) is 0 Å². The molecule has 1 amide bonds. The van der Waals surface area contributed by atoms with Crippen LogP contribution in [0.5, 0.6) is 0 Å². The van der Waals surface area contributed by atoms with Crippen molar-refractivity contribution in [3.63, 3.8) is 0 Å². The van der Waals surface area contributed by atoms with Crippen molar-refractivity contribution < 1.29 is 14.3 Å². The number of carbonyl (C=O) groups is 2. The van der Waals surface area contributed by atoms with Gasteiger partial charge in [-0.1, -0.05) is 23.1 Å². The number of esters is 1. The van der Waals surface area contributed by atoms with Gasteiger partial charge in [0, 0.05) is 11.6 Å². The van der Waals surface area contributed by atoms with E-state index in [1.165, 1.54) is 23.1 Å². The number of rotatable bonds is 6. The molecule has 21 heavy (non-hydrogen) atoms. The molecule has 2 heterocycles. The van der Waals surface area contributed by atoms with Crippen LogP contribution in [0.25, 0.3) is 0 Å². The number of nitrogens with zero attached hydrogens (tertiary/aromatic N) is 2. The highest BCUT2D eigenvalue weighted by molar-refractivity contribution is 8.01. The lowest BCUT2D eigenvalue weighted by Crippen LogP contribution is -2.37. The Kier molecular flexibility index (Phi) is 8.34. The molecule has 7 nitrogen and oxygen atoms in total. The zero-order chi connectivity index (χ0) is 14.4. The number of carbonyl (C=O) groups excluding carboxylic acids is 2. The molecule has 0 radical (unpaired) electrons. The number of halogens is 1. The Morgan fingerprint density at radius 2 is 2.33 bits per heavy atom. The van der Waals surface area contributed by atoms with Gasteiger partial charge in [-0.25, -0.2) is 0 Å². The number of ether oxygens (including phenoxy) is 1. The number of hydrogen-bond donors (Lipinski definition) is 2. The van der Waals surface area contributed by atoms with Crippen molar-refractivity contribution >= 4 is 64.3 Å². The van der Waals surface area contributed by atoms with Crippen LogP contribution in [0, 0.1) is 0 Å². The first-order chi connectivity index (χ1) is 9.69. The fraction of sp³-hybridized carbons (Fsp3) is 0.600. The van der Waals surface area contributed by atoms with Gasteiger partial charge in [-0.05, 0) is 6.92 Å². The maximum atomic E-state index is 11.8. The molecule has 1 aliphatic heterocycles. The second-order valence-electron chi connectivity index (χ2n) is 3.73. The second kappa shape index (κ2) is 9.46. The largest absolute Gasteiger partial charge is 0.465 e. The minimum absolute atomic E-state index is 0. The maximum absolute atomic E-state index is 11.8. The van der Waals surface area contributed by atoms with Gasteiger partial charge in [-0.15, -0.1) is 34.4 Å². The first-order valence-electron chi connectivity index (χ1n) is 5.93. The molecule has 2 rings (SSSR count). The first-order valence-corrected chi connectivity index (χ1v) is 8.88. The predicted molar refractivity (Wildman–Crippen MR) is 87.4 cm³/mol. The smallest absolute Gasteiger partial charge is 0.316 e. The van der Waals surface area contributed by atoms with Gasteiger partial charge in [0.15, 0.2) is 4.34 Å². The molecule has 0 saturated carbocycles. The first kappa shape index (κ1) is 18.5. The highest BCUT2D eigenvalue weighted by Crippen LogP contribution is 2.25. The van der Waals surface area contributed by atoms with Crippen LogP contribution in [0.3, 0.4) is 0 Å². The zero-order valence-corrected chi connectivity index (χ0v) is 14.4. The molecule has 1 fully saturated rings. The fourth-order valence-corrected chi connectivity index (χ4v) is 3.89. The molecule has 0 bridgehead atoms.